The third-order valence-corrected chi connectivity index (χ3v) is 4.57. The molecule has 5 nitrogen and oxygen atoms in total. The van der Waals surface area contributed by atoms with Gasteiger partial charge in [0.2, 0.25) is 5.91 Å². The molecule has 0 spiro atoms. The zero-order valence-corrected chi connectivity index (χ0v) is 14.9. The number of hydrogen-bond donors (Lipinski definition) is 2. The molecule has 0 saturated heterocycles. The van der Waals surface area contributed by atoms with Crippen LogP contribution in [0.4, 0.5) is 19.0 Å². The van der Waals surface area contributed by atoms with E-state index in [1.807, 2.05) is 0 Å². The molecular weight excluding hydrogens is 379 g/mol. The van der Waals surface area contributed by atoms with Crippen LogP contribution in [0, 0.1) is 5.92 Å². The number of carbonyl (C=O) groups excluding carboxylic acids is 2. The van der Waals surface area contributed by atoms with Crippen molar-refractivity contribution in [1.29, 1.82) is 0 Å². The van der Waals surface area contributed by atoms with E-state index in [1.54, 1.807) is 0 Å². The summed E-state index contributed by atoms with van der Waals surface area (Å²) in [5.74, 6) is -0.124. The number of hydrogen-bond acceptors (Lipinski definition) is 4. The number of amides is 2. The Labute approximate surface area is 157 Å². The molecule has 142 valence electrons. The van der Waals surface area contributed by atoms with Crippen molar-refractivity contribution < 1.29 is 22.8 Å². The van der Waals surface area contributed by atoms with Gasteiger partial charge < -0.3 is 10.6 Å². The minimum Gasteiger partial charge on any atom is -0.348 e. The molecule has 1 aliphatic carbocycles. The lowest BCUT2D eigenvalue weighted by atomic mass is 10.2. The molecule has 2 N–H and O–H groups in total. The van der Waals surface area contributed by atoms with Crippen molar-refractivity contribution in [3.8, 4) is 0 Å². The molecule has 0 bridgehead atoms. The molecule has 2 amide bonds. The number of nitrogens with one attached hydrogen (secondary N) is 2. The molecule has 1 aliphatic rings. The van der Waals surface area contributed by atoms with E-state index in [0.29, 0.717) is 16.9 Å². The van der Waals surface area contributed by atoms with Crippen LogP contribution < -0.4 is 10.6 Å². The Balaban J connectivity index is 1.55. The molecule has 0 radical (unpaired) electrons. The molecule has 9 heteroatoms. The summed E-state index contributed by atoms with van der Waals surface area (Å²) in [6.45, 7) is 0.169. The standard InChI is InChI=1S/C18H16F3N3O2S/c19-18(20,21)27-14-5-1-11(2-6-14)10-23-16(25)13-7-8-22-15(9-13)24-17(26)12-3-4-12/h1-2,5-9,12H,3-4,10H2,(H,23,25)(H,22,24,26). The van der Waals surface area contributed by atoms with Crippen molar-refractivity contribution in [2.75, 3.05) is 5.32 Å². The molecule has 1 aromatic heterocycles. The number of thioether (sulfide) groups is 1. The Kier molecular flexibility index (Phi) is 5.69. The van der Waals surface area contributed by atoms with Crippen molar-refractivity contribution in [2.45, 2.75) is 29.8 Å². The summed E-state index contributed by atoms with van der Waals surface area (Å²) in [6, 6.07) is 8.78. The quantitative estimate of drug-likeness (QED) is 0.726. The third-order valence-electron chi connectivity index (χ3n) is 3.83. The van der Waals surface area contributed by atoms with Gasteiger partial charge >= 0.3 is 5.51 Å². The maximum Gasteiger partial charge on any atom is 0.446 e. The number of alkyl halides is 3. The minimum absolute atomic E-state index is 0.0303. The summed E-state index contributed by atoms with van der Waals surface area (Å²) in [4.78, 5) is 28.1. The van der Waals surface area contributed by atoms with Gasteiger partial charge in [-0.05, 0) is 54.4 Å². The number of halogens is 3. The van der Waals surface area contributed by atoms with Crippen LogP contribution in [0.1, 0.15) is 28.8 Å². The van der Waals surface area contributed by atoms with Crippen LogP contribution in [0.15, 0.2) is 47.5 Å². The normalized spacial score (nSPS) is 13.9. The summed E-state index contributed by atoms with van der Waals surface area (Å²) in [7, 11) is 0. The molecule has 2 aromatic rings. The highest BCUT2D eigenvalue weighted by atomic mass is 32.2. The average molecular weight is 395 g/mol. The topological polar surface area (TPSA) is 71.1 Å². The van der Waals surface area contributed by atoms with Crippen LogP contribution in [-0.2, 0) is 11.3 Å². The number of benzene rings is 1. The van der Waals surface area contributed by atoms with E-state index in [0.717, 1.165) is 12.8 Å². The number of carbonyl (C=O) groups is 2. The molecular formula is C18H16F3N3O2S. The molecule has 1 fully saturated rings. The van der Waals surface area contributed by atoms with Crippen LogP contribution in [0.3, 0.4) is 0 Å². The maximum atomic E-state index is 12.3. The second-order valence-electron chi connectivity index (χ2n) is 6.07. The fraction of sp³-hybridized carbons (Fsp3) is 0.278. The molecule has 0 unspecified atom stereocenters. The maximum absolute atomic E-state index is 12.3. The van der Waals surface area contributed by atoms with Gasteiger partial charge in [-0.3, -0.25) is 9.59 Å². The predicted molar refractivity (Wildman–Crippen MR) is 95.1 cm³/mol. The van der Waals surface area contributed by atoms with Crippen LogP contribution >= 0.6 is 11.8 Å². The molecule has 0 aliphatic heterocycles. The van der Waals surface area contributed by atoms with E-state index >= 15 is 0 Å². The van der Waals surface area contributed by atoms with Gasteiger partial charge in [0.15, 0.2) is 0 Å². The Hall–Kier alpha value is -2.55. The third kappa shape index (κ3) is 5.99. The number of nitrogens with zero attached hydrogens (tertiary/aromatic N) is 1. The first kappa shape index (κ1) is 19.2. The molecule has 0 atom stereocenters. The Morgan fingerprint density at radius 1 is 1.15 bits per heavy atom. The van der Waals surface area contributed by atoms with Gasteiger partial charge in [-0.2, -0.15) is 13.2 Å². The molecule has 3 rings (SSSR count). The Bertz CT molecular complexity index is 836. The Morgan fingerprint density at radius 2 is 1.85 bits per heavy atom. The summed E-state index contributed by atoms with van der Waals surface area (Å²) in [5, 5.41) is 5.36. The van der Waals surface area contributed by atoms with Crippen molar-refractivity contribution >= 4 is 29.4 Å². The second kappa shape index (κ2) is 7.99. The van der Waals surface area contributed by atoms with Crippen molar-refractivity contribution in [3.05, 3.63) is 53.7 Å². The van der Waals surface area contributed by atoms with Crippen LogP contribution in [0.5, 0.6) is 0 Å². The van der Waals surface area contributed by atoms with Gasteiger partial charge in [0.25, 0.3) is 5.91 Å². The highest BCUT2D eigenvalue weighted by Gasteiger charge is 2.30. The summed E-state index contributed by atoms with van der Waals surface area (Å²) < 4.78 is 37.0. The number of rotatable bonds is 6. The lowest BCUT2D eigenvalue weighted by Gasteiger charge is -2.09. The van der Waals surface area contributed by atoms with Crippen molar-refractivity contribution in [3.63, 3.8) is 0 Å². The van der Waals surface area contributed by atoms with Gasteiger partial charge in [-0.15, -0.1) is 0 Å². The smallest absolute Gasteiger partial charge is 0.348 e. The van der Waals surface area contributed by atoms with E-state index in [-0.39, 0.29) is 40.9 Å². The SMILES string of the molecule is O=C(NCc1ccc(SC(F)(F)F)cc1)c1ccnc(NC(=O)C2CC2)c1. The predicted octanol–water partition coefficient (Wildman–Crippen LogP) is 3.97. The van der Waals surface area contributed by atoms with Gasteiger partial charge in [0, 0.05) is 29.1 Å². The Morgan fingerprint density at radius 3 is 2.48 bits per heavy atom. The van der Waals surface area contributed by atoms with Crippen molar-refractivity contribution in [2.24, 2.45) is 5.92 Å². The van der Waals surface area contributed by atoms with Gasteiger partial charge in [0.05, 0.1) is 0 Å². The van der Waals surface area contributed by atoms with Crippen LogP contribution in [0.2, 0.25) is 0 Å². The molecule has 1 heterocycles. The van der Waals surface area contributed by atoms with Gasteiger partial charge in [0.1, 0.15) is 5.82 Å². The van der Waals surface area contributed by atoms with E-state index in [1.165, 1.54) is 42.6 Å². The fourth-order valence-electron chi connectivity index (χ4n) is 2.31. The van der Waals surface area contributed by atoms with E-state index in [2.05, 4.69) is 15.6 Å². The van der Waals surface area contributed by atoms with E-state index in [4.69, 9.17) is 0 Å². The van der Waals surface area contributed by atoms with E-state index in [9.17, 15) is 22.8 Å². The first-order valence-electron chi connectivity index (χ1n) is 8.20. The lowest BCUT2D eigenvalue weighted by molar-refractivity contribution is -0.117. The number of aromatic nitrogens is 1. The van der Waals surface area contributed by atoms with Crippen LogP contribution in [-0.4, -0.2) is 22.3 Å². The highest BCUT2D eigenvalue weighted by Crippen LogP contribution is 2.36. The largest absolute Gasteiger partial charge is 0.446 e. The highest BCUT2D eigenvalue weighted by molar-refractivity contribution is 8.00. The summed E-state index contributed by atoms with van der Waals surface area (Å²) in [5.41, 5.74) is -3.32. The first-order chi connectivity index (χ1) is 12.8. The van der Waals surface area contributed by atoms with Crippen LogP contribution in [0.25, 0.3) is 0 Å². The molecule has 27 heavy (non-hydrogen) atoms. The minimum atomic E-state index is -4.33. The fourth-order valence-corrected chi connectivity index (χ4v) is 2.85. The second-order valence-corrected chi connectivity index (χ2v) is 7.21. The number of anilines is 1. The van der Waals surface area contributed by atoms with E-state index < -0.39 is 5.51 Å². The summed E-state index contributed by atoms with van der Waals surface area (Å²) in [6.07, 6.45) is 3.17. The monoisotopic (exact) mass is 395 g/mol. The lowest BCUT2D eigenvalue weighted by Crippen LogP contribution is -2.23. The van der Waals surface area contributed by atoms with Gasteiger partial charge in [-0.1, -0.05) is 12.1 Å². The first-order valence-corrected chi connectivity index (χ1v) is 9.01. The van der Waals surface area contributed by atoms with Gasteiger partial charge in [-0.25, -0.2) is 4.98 Å². The zero-order chi connectivity index (χ0) is 19.4. The molecule has 1 saturated carbocycles. The molecule has 1 aromatic carbocycles. The number of pyridine rings is 1. The summed E-state index contributed by atoms with van der Waals surface area (Å²) >= 11 is -0.185. The zero-order valence-electron chi connectivity index (χ0n) is 14.0. The average Bonchev–Trinajstić information content (AvgIpc) is 3.45. The van der Waals surface area contributed by atoms with Crippen molar-refractivity contribution in [1.82, 2.24) is 10.3 Å².